The maximum absolute atomic E-state index is 11.7. The summed E-state index contributed by atoms with van der Waals surface area (Å²) in [6.07, 6.45) is 0. The van der Waals surface area contributed by atoms with Crippen molar-refractivity contribution in [2.24, 2.45) is 0 Å². The average molecular weight is 227 g/mol. The minimum Gasteiger partial charge on any atom is -0.247 e. The van der Waals surface area contributed by atoms with E-state index in [2.05, 4.69) is 14.9 Å². The van der Waals surface area contributed by atoms with Gasteiger partial charge in [-0.2, -0.15) is 0 Å². The number of rotatable bonds is 1. The molecule has 0 aliphatic heterocycles. The van der Waals surface area contributed by atoms with E-state index in [9.17, 15) is 9.32 Å². The number of carbonyl (C=O) groups is 1. The highest BCUT2D eigenvalue weighted by Gasteiger charge is 2.16. The highest BCUT2D eigenvalue weighted by Crippen LogP contribution is 2.17. The Labute approximate surface area is 88.6 Å². The van der Waals surface area contributed by atoms with Gasteiger partial charge in [0, 0.05) is 4.53 Å². The fraction of sp³-hybridized carbons (Fsp3) is 0. The van der Waals surface area contributed by atoms with E-state index in [1.807, 2.05) is 0 Å². The number of nitrogens with zero attached hydrogens (tertiary/aromatic N) is 2. The Bertz CT molecular complexity index is 533. The predicted octanol–water partition coefficient (Wildman–Crippen LogP) is 2.32. The Balaban J connectivity index is 2.67. The molecule has 0 radical (unpaired) electrons. The van der Waals surface area contributed by atoms with Gasteiger partial charge in [0.2, 0.25) is 0 Å². The summed E-state index contributed by atoms with van der Waals surface area (Å²) in [7, 11) is 0. The Hall–Kier alpha value is -1.75. The number of fused-ring (bicyclic) bond motifs is 1. The lowest BCUT2D eigenvalue weighted by molar-refractivity contribution is -0.0793. The van der Waals surface area contributed by atoms with Gasteiger partial charge in [0.1, 0.15) is 0 Å². The summed E-state index contributed by atoms with van der Waals surface area (Å²) in [5, 5.41) is -0.184. The summed E-state index contributed by atoms with van der Waals surface area (Å²) in [6, 6.07) is 6.78. The highest BCUT2D eigenvalue weighted by molar-refractivity contribution is 6.32. The van der Waals surface area contributed by atoms with Crippen molar-refractivity contribution in [3.8, 4) is 0 Å². The van der Waals surface area contributed by atoms with Crippen LogP contribution in [0.2, 0.25) is 5.15 Å². The van der Waals surface area contributed by atoms with E-state index in [4.69, 9.17) is 11.6 Å². The standard InChI is InChI=1S/C9H4ClFN2O2/c10-8-7(9(14)15-11)12-5-3-1-2-4-6(5)13-8/h1-4H. The van der Waals surface area contributed by atoms with Gasteiger partial charge < -0.3 is 0 Å². The molecule has 1 aromatic carbocycles. The molecule has 76 valence electrons. The topological polar surface area (TPSA) is 52.1 Å². The molecule has 6 heteroatoms. The van der Waals surface area contributed by atoms with Gasteiger partial charge in [-0.15, -0.1) is 0 Å². The van der Waals surface area contributed by atoms with Crippen molar-refractivity contribution >= 4 is 28.6 Å². The number of carbonyl (C=O) groups excluding carboxylic acids is 1. The first-order valence-electron chi connectivity index (χ1n) is 3.97. The van der Waals surface area contributed by atoms with Crippen molar-refractivity contribution in [3.05, 3.63) is 35.1 Å². The van der Waals surface area contributed by atoms with Crippen LogP contribution < -0.4 is 0 Å². The number of benzene rings is 1. The molecule has 1 aromatic heterocycles. The van der Waals surface area contributed by atoms with Crippen molar-refractivity contribution < 1.29 is 14.3 Å². The van der Waals surface area contributed by atoms with Crippen LogP contribution in [-0.2, 0) is 4.94 Å². The Kier molecular flexibility index (Phi) is 2.47. The number of halogens is 2. The Morgan fingerprint density at radius 2 is 1.87 bits per heavy atom. The van der Waals surface area contributed by atoms with Crippen LogP contribution >= 0.6 is 11.6 Å². The number of para-hydroxylation sites is 2. The number of hydrogen-bond acceptors (Lipinski definition) is 4. The summed E-state index contributed by atoms with van der Waals surface area (Å²) in [4.78, 5) is 21.7. The van der Waals surface area contributed by atoms with Gasteiger partial charge in [0.15, 0.2) is 10.8 Å². The molecule has 0 aliphatic carbocycles. The summed E-state index contributed by atoms with van der Waals surface area (Å²) >= 11 is 5.64. The molecule has 0 atom stereocenters. The Morgan fingerprint density at radius 3 is 2.47 bits per heavy atom. The maximum Gasteiger partial charge on any atom is 0.400 e. The lowest BCUT2D eigenvalue weighted by atomic mass is 10.3. The van der Waals surface area contributed by atoms with Crippen LogP contribution in [0.4, 0.5) is 4.53 Å². The average Bonchev–Trinajstić information content (AvgIpc) is 2.27. The summed E-state index contributed by atoms with van der Waals surface area (Å²) < 4.78 is 11.7. The second-order valence-corrected chi connectivity index (χ2v) is 3.07. The molecule has 1 heterocycles. The monoisotopic (exact) mass is 226 g/mol. The van der Waals surface area contributed by atoms with Crippen molar-refractivity contribution in [3.63, 3.8) is 0 Å². The molecule has 0 aliphatic rings. The summed E-state index contributed by atoms with van der Waals surface area (Å²) in [6.45, 7) is 0. The molecule has 4 nitrogen and oxygen atoms in total. The second-order valence-electron chi connectivity index (χ2n) is 2.72. The zero-order valence-corrected chi connectivity index (χ0v) is 8.03. The van der Waals surface area contributed by atoms with Crippen LogP contribution in [0, 0.1) is 0 Å². The van der Waals surface area contributed by atoms with E-state index in [1.165, 1.54) is 0 Å². The first-order chi connectivity index (χ1) is 7.22. The van der Waals surface area contributed by atoms with Crippen molar-refractivity contribution in [2.75, 3.05) is 0 Å². The van der Waals surface area contributed by atoms with Crippen molar-refractivity contribution in [1.29, 1.82) is 0 Å². The fourth-order valence-corrected chi connectivity index (χ4v) is 1.36. The van der Waals surface area contributed by atoms with E-state index >= 15 is 0 Å². The van der Waals surface area contributed by atoms with Crippen LogP contribution in [0.5, 0.6) is 0 Å². The van der Waals surface area contributed by atoms with Gasteiger partial charge in [-0.05, 0) is 12.1 Å². The maximum atomic E-state index is 11.7. The first-order valence-corrected chi connectivity index (χ1v) is 4.35. The van der Waals surface area contributed by atoms with Gasteiger partial charge >= 0.3 is 5.97 Å². The Morgan fingerprint density at radius 1 is 1.27 bits per heavy atom. The van der Waals surface area contributed by atoms with Gasteiger partial charge in [0.05, 0.1) is 11.0 Å². The second kappa shape index (κ2) is 3.78. The zero-order chi connectivity index (χ0) is 10.8. The highest BCUT2D eigenvalue weighted by atomic mass is 35.5. The van der Waals surface area contributed by atoms with Crippen LogP contribution in [0.3, 0.4) is 0 Å². The van der Waals surface area contributed by atoms with Gasteiger partial charge in [-0.25, -0.2) is 19.7 Å². The SMILES string of the molecule is O=C(OF)c1nc2ccccc2nc1Cl. The molecule has 0 saturated carbocycles. The minimum atomic E-state index is -1.25. The number of aromatic nitrogens is 2. The molecule has 0 bridgehead atoms. The largest absolute Gasteiger partial charge is 0.400 e. The molecule has 0 spiro atoms. The first kappa shape index (κ1) is 9.79. The molecule has 0 N–H and O–H groups in total. The third-order valence-electron chi connectivity index (χ3n) is 1.79. The molecule has 0 amide bonds. The molecule has 2 aromatic rings. The third kappa shape index (κ3) is 1.73. The zero-order valence-electron chi connectivity index (χ0n) is 7.28. The van der Waals surface area contributed by atoms with E-state index in [0.29, 0.717) is 11.0 Å². The normalized spacial score (nSPS) is 10.3. The van der Waals surface area contributed by atoms with E-state index in [-0.39, 0.29) is 10.8 Å². The van der Waals surface area contributed by atoms with E-state index in [1.54, 1.807) is 24.3 Å². The van der Waals surface area contributed by atoms with Crippen LogP contribution in [0.25, 0.3) is 11.0 Å². The van der Waals surface area contributed by atoms with Crippen LogP contribution in [-0.4, -0.2) is 15.9 Å². The summed E-state index contributed by atoms with van der Waals surface area (Å²) in [5.74, 6) is -1.25. The number of hydrogen-bond donors (Lipinski definition) is 0. The molecule has 0 saturated heterocycles. The quantitative estimate of drug-likeness (QED) is 0.749. The van der Waals surface area contributed by atoms with Crippen LogP contribution in [0.15, 0.2) is 24.3 Å². The smallest absolute Gasteiger partial charge is 0.247 e. The minimum absolute atomic E-state index is 0.184. The van der Waals surface area contributed by atoms with Crippen molar-refractivity contribution in [1.82, 2.24) is 9.97 Å². The molecule has 0 fully saturated rings. The lowest BCUT2D eigenvalue weighted by Crippen LogP contribution is -2.05. The van der Waals surface area contributed by atoms with E-state index < -0.39 is 5.97 Å². The molecule has 0 unspecified atom stereocenters. The molecule has 2 rings (SSSR count). The fourth-order valence-electron chi connectivity index (χ4n) is 1.14. The third-order valence-corrected chi connectivity index (χ3v) is 2.05. The summed E-state index contributed by atoms with van der Waals surface area (Å²) in [5.41, 5.74) is 0.637. The van der Waals surface area contributed by atoms with Gasteiger partial charge in [-0.1, -0.05) is 23.7 Å². The van der Waals surface area contributed by atoms with Crippen LogP contribution in [0.1, 0.15) is 10.5 Å². The molecule has 15 heavy (non-hydrogen) atoms. The molecular formula is C9H4ClFN2O2. The lowest BCUT2D eigenvalue weighted by Gasteiger charge is -2.00. The van der Waals surface area contributed by atoms with Crippen molar-refractivity contribution in [2.45, 2.75) is 0 Å². The molecular weight excluding hydrogens is 223 g/mol. The predicted molar refractivity (Wildman–Crippen MR) is 51.1 cm³/mol. The van der Waals surface area contributed by atoms with Gasteiger partial charge in [-0.3, -0.25) is 0 Å². The van der Waals surface area contributed by atoms with E-state index in [0.717, 1.165) is 0 Å². The van der Waals surface area contributed by atoms with Gasteiger partial charge in [0.25, 0.3) is 0 Å².